The monoisotopic (exact) mass is 386 g/mol. The summed E-state index contributed by atoms with van der Waals surface area (Å²) in [6, 6.07) is 4.78. The zero-order valence-electron chi connectivity index (χ0n) is 16.6. The fourth-order valence-corrected chi connectivity index (χ4v) is 3.63. The number of likely N-dealkylation sites (N-methyl/N-ethyl adjacent to an activating group) is 1. The van der Waals surface area contributed by atoms with Crippen LogP contribution in [0.25, 0.3) is 0 Å². The number of carbonyl (C=O) groups excluding carboxylic acids is 3. The fraction of sp³-hybridized carbons (Fsp3) is 0.450. The van der Waals surface area contributed by atoms with Gasteiger partial charge in [-0.3, -0.25) is 19.3 Å². The van der Waals surface area contributed by atoms with E-state index in [1.54, 1.807) is 26.2 Å². The Morgan fingerprint density at radius 2 is 1.86 bits per heavy atom. The Labute approximate surface area is 164 Å². The van der Waals surface area contributed by atoms with Crippen molar-refractivity contribution in [1.82, 2.24) is 15.1 Å². The number of rotatable bonds is 5. The van der Waals surface area contributed by atoms with Gasteiger partial charge in [0.05, 0.1) is 11.3 Å². The molecule has 1 aromatic carbocycles. The van der Waals surface area contributed by atoms with Gasteiger partial charge in [0.1, 0.15) is 11.4 Å². The summed E-state index contributed by atoms with van der Waals surface area (Å²) >= 11 is 0. The van der Waals surface area contributed by atoms with Crippen LogP contribution in [0.4, 0.5) is 5.69 Å². The van der Waals surface area contributed by atoms with Crippen molar-refractivity contribution in [2.75, 3.05) is 26.5 Å². The number of phenolic OH excluding ortho intramolecular Hbond substituents is 1. The van der Waals surface area contributed by atoms with E-state index >= 15 is 0 Å². The second-order valence-corrected chi connectivity index (χ2v) is 7.60. The first-order chi connectivity index (χ1) is 13.2. The minimum absolute atomic E-state index is 0.0800. The van der Waals surface area contributed by atoms with Crippen LogP contribution in [-0.4, -0.2) is 59.8 Å². The second kappa shape index (κ2) is 7.53. The molecule has 1 aliphatic heterocycles. The molecule has 2 aliphatic rings. The Hall–Kier alpha value is -3.03. The largest absolute Gasteiger partial charge is 0.505 e. The topological polar surface area (TPSA) is 102 Å². The summed E-state index contributed by atoms with van der Waals surface area (Å²) in [4.78, 5) is 39.8. The number of phenols is 1. The summed E-state index contributed by atoms with van der Waals surface area (Å²) in [6.45, 7) is 2.12. The number of imide groups is 1. The first kappa shape index (κ1) is 19.7. The first-order valence-corrected chi connectivity index (χ1v) is 9.36. The van der Waals surface area contributed by atoms with E-state index in [0.717, 1.165) is 24.2 Å². The number of hydrogen-bond acceptors (Lipinski definition) is 6. The van der Waals surface area contributed by atoms with E-state index in [2.05, 4.69) is 17.6 Å². The second-order valence-electron chi connectivity index (χ2n) is 7.60. The van der Waals surface area contributed by atoms with Crippen LogP contribution in [0, 0.1) is 5.92 Å². The highest BCUT2D eigenvalue weighted by atomic mass is 16.3. The van der Waals surface area contributed by atoms with Crippen molar-refractivity contribution in [3.8, 4) is 5.75 Å². The van der Waals surface area contributed by atoms with Gasteiger partial charge >= 0.3 is 0 Å². The van der Waals surface area contributed by atoms with Crippen molar-refractivity contribution in [2.45, 2.75) is 32.2 Å². The summed E-state index contributed by atoms with van der Waals surface area (Å²) in [5.74, 6) is -1.12. The molecule has 0 unspecified atom stereocenters. The summed E-state index contributed by atoms with van der Waals surface area (Å²) < 4.78 is 0. The number of amides is 3. The summed E-state index contributed by atoms with van der Waals surface area (Å²) in [7, 11) is 4.59. The number of nitrogens with one attached hydrogen (secondary N) is 2. The number of carbonyl (C=O) groups is 3. The van der Waals surface area contributed by atoms with Gasteiger partial charge in [-0.25, -0.2) is 0 Å². The van der Waals surface area contributed by atoms with Crippen LogP contribution < -0.4 is 10.6 Å². The Bertz CT molecular complexity index is 862. The minimum Gasteiger partial charge on any atom is -0.505 e. The molecule has 150 valence electrons. The summed E-state index contributed by atoms with van der Waals surface area (Å²) in [6.07, 6.45) is 3.07. The third-order valence-corrected chi connectivity index (χ3v) is 5.41. The zero-order valence-corrected chi connectivity index (χ0v) is 16.6. The number of para-hydroxylation sites is 1. The number of benzene rings is 1. The lowest BCUT2D eigenvalue weighted by molar-refractivity contribution is -0.136. The smallest absolute Gasteiger partial charge is 0.279 e. The van der Waals surface area contributed by atoms with Crippen molar-refractivity contribution in [1.29, 1.82) is 0 Å². The van der Waals surface area contributed by atoms with E-state index in [-0.39, 0.29) is 40.3 Å². The Morgan fingerprint density at radius 3 is 2.46 bits per heavy atom. The van der Waals surface area contributed by atoms with Gasteiger partial charge in [-0.2, -0.15) is 0 Å². The van der Waals surface area contributed by atoms with Crippen LogP contribution in [0.1, 0.15) is 36.5 Å². The van der Waals surface area contributed by atoms with Gasteiger partial charge in [0.25, 0.3) is 17.7 Å². The van der Waals surface area contributed by atoms with Crippen LogP contribution >= 0.6 is 0 Å². The number of hydrogen-bond donors (Lipinski definition) is 3. The third kappa shape index (κ3) is 3.42. The van der Waals surface area contributed by atoms with Gasteiger partial charge in [-0.05, 0) is 30.9 Å². The van der Waals surface area contributed by atoms with Crippen molar-refractivity contribution in [3.63, 3.8) is 0 Å². The maximum absolute atomic E-state index is 12.6. The van der Waals surface area contributed by atoms with Gasteiger partial charge in [-0.15, -0.1) is 0 Å². The van der Waals surface area contributed by atoms with Crippen LogP contribution in [0.2, 0.25) is 0 Å². The van der Waals surface area contributed by atoms with Gasteiger partial charge in [0.2, 0.25) is 0 Å². The molecule has 1 heterocycles. The number of anilines is 1. The van der Waals surface area contributed by atoms with Gasteiger partial charge in [0.15, 0.2) is 5.75 Å². The van der Waals surface area contributed by atoms with E-state index in [1.807, 2.05) is 0 Å². The number of aromatic hydroxyl groups is 1. The average molecular weight is 386 g/mol. The van der Waals surface area contributed by atoms with Crippen LogP contribution in [0.5, 0.6) is 5.75 Å². The van der Waals surface area contributed by atoms with E-state index in [9.17, 15) is 19.5 Å². The maximum Gasteiger partial charge on any atom is 0.279 e. The van der Waals surface area contributed by atoms with Crippen LogP contribution in [-0.2, 0) is 9.59 Å². The molecule has 0 bridgehead atoms. The molecule has 0 aromatic heterocycles. The van der Waals surface area contributed by atoms with Crippen molar-refractivity contribution in [3.05, 3.63) is 35.2 Å². The molecule has 8 heteroatoms. The molecule has 3 amide bonds. The lowest BCUT2D eigenvalue weighted by Gasteiger charge is -2.20. The molecule has 1 aliphatic carbocycles. The van der Waals surface area contributed by atoms with E-state index in [0.29, 0.717) is 5.92 Å². The molecule has 1 aromatic rings. The highest BCUT2D eigenvalue weighted by Gasteiger charge is 2.39. The fourth-order valence-electron chi connectivity index (χ4n) is 3.63. The predicted molar refractivity (Wildman–Crippen MR) is 104 cm³/mol. The van der Waals surface area contributed by atoms with Crippen molar-refractivity contribution in [2.24, 2.45) is 5.92 Å². The Morgan fingerprint density at radius 1 is 1.18 bits per heavy atom. The number of nitrogens with zero attached hydrogens (tertiary/aromatic N) is 2. The Kier molecular flexibility index (Phi) is 5.31. The average Bonchev–Trinajstić information content (AvgIpc) is 3.15. The van der Waals surface area contributed by atoms with Crippen LogP contribution in [0.3, 0.4) is 0 Å². The molecule has 1 fully saturated rings. The lowest BCUT2D eigenvalue weighted by Crippen LogP contribution is -2.36. The van der Waals surface area contributed by atoms with Gasteiger partial charge < -0.3 is 20.6 Å². The van der Waals surface area contributed by atoms with Crippen molar-refractivity contribution < 1.29 is 19.5 Å². The normalized spacial score (nSPS) is 22.1. The molecule has 3 rings (SSSR count). The van der Waals surface area contributed by atoms with E-state index in [1.165, 1.54) is 18.0 Å². The van der Waals surface area contributed by atoms with Crippen LogP contribution in [0.15, 0.2) is 29.6 Å². The molecule has 8 nitrogen and oxygen atoms in total. The Balaban J connectivity index is 1.96. The predicted octanol–water partition coefficient (Wildman–Crippen LogP) is 1.49. The highest BCUT2D eigenvalue weighted by molar-refractivity contribution is 6.20. The van der Waals surface area contributed by atoms with E-state index < -0.39 is 11.8 Å². The molecule has 28 heavy (non-hydrogen) atoms. The third-order valence-electron chi connectivity index (χ3n) is 5.41. The molecule has 1 saturated carbocycles. The molecular weight excluding hydrogens is 360 g/mol. The summed E-state index contributed by atoms with van der Waals surface area (Å²) in [5.41, 5.74) is 0.587. The highest BCUT2D eigenvalue weighted by Crippen LogP contribution is 2.32. The van der Waals surface area contributed by atoms with E-state index in [4.69, 9.17) is 0 Å². The minimum atomic E-state index is -0.484. The molecule has 2 atom stereocenters. The lowest BCUT2D eigenvalue weighted by atomic mass is 10.1. The first-order valence-electron chi connectivity index (χ1n) is 9.36. The molecule has 0 spiro atoms. The molecule has 3 N–H and O–H groups in total. The van der Waals surface area contributed by atoms with Crippen molar-refractivity contribution >= 4 is 23.4 Å². The quantitative estimate of drug-likeness (QED) is 0.524. The molecule has 0 radical (unpaired) electrons. The molecular formula is C20H26N4O4. The zero-order chi connectivity index (χ0) is 20.6. The maximum atomic E-state index is 12.6. The van der Waals surface area contributed by atoms with Gasteiger partial charge in [-0.1, -0.05) is 19.4 Å². The summed E-state index contributed by atoms with van der Waals surface area (Å²) in [5, 5.41) is 16.6. The standard InChI is InChI=1S/C20H26N4O4/c1-11-7-5-9-13(11)21-15-16(20(28)24(4)19(15)27)22-14-10-6-8-12(17(14)25)18(26)23(2)3/h6,8,10-11,13,21-22,25H,5,7,9H2,1-4H3/t11-,13-/m0/s1. The SMILES string of the molecule is C[C@H]1CCC[C@@H]1NC1=C(Nc2cccc(C(=O)N(C)C)c2O)C(=O)N(C)C1=O. The van der Waals surface area contributed by atoms with Gasteiger partial charge in [0, 0.05) is 27.2 Å². The molecule has 0 saturated heterocycles.